The first-order chi connectivity index (χ1) is 16.2. The molecule has 0 bridgehead atoms. The molecule has 0 saturated heterocycles. The molecule has 1 aromatic rings. The molecular formula is C30H41NO2. The first-order valence-electron chi connectivity index (χ1n) is 13.2. The zero-order chi connectivity index (χ0) is 23.3. The van der Waals surface area contributed by atoms with Crippen molar-refractivity contribution in [3.05, 3.63) is 59.7 Å². The van der Waals surface area contributed by atoms with Crippen LogP contribution in [0.1, 0.15) is 101 Å². The third-order valence-corrected chi connectivity index (χ3v) is 7.50. The van der Waals surface area contributed by atoms with Gasteiger partial charge in [-0.1, -0.05) is 68.7 Å². The van der Waals surface area contributed by atoms with Gasteiger partial charge in [0, 0.05) is 6.08 Å². The first kappa shape index (κ1) is 25.3. The molecular weight excluding hydrogens is 406 g/mol. The lowest BCUT2D eigenvalue weighted by Gasteiger charge is -2.31. The first-order valence-corrected chi connectivity index (χ1v) is 13.2. The topological polar surface area (TPSA) is 50.1 Å². The van der Waals surface area contributed by atoms with Gasteiger partial charge in [0.05, 0.1) is 12.0 Å². The van der Waals surface area contributed by atoms with Crippen LogP contribution in [0.5, 0.6) is 0 Å². The highest BCUT2D eigenvalue weighted by molar-refractivity contribution is 5.72. The molecule has 1 aromatic carbocycles. The minimum absolute atomic E-state index is 0.0341. The summed E-state index contributed by atoms with van der Waals surface area (Å²) in [6, 6.07) is 11.3. The number of allylic oxidation sites excluding steroid dienone is 4. The molecule has 3 rings (SSSR count). The maximum atomic E-state index is 12.8. The number of benzene rings is 1. The summed E-state index contributed by atoms with van der Waals surface area (Å²) in [7, 11) is 0. The smallest absolute Gasteiger partial charge is 0.309 e. The summed E-state index contributed by atoms with van der Waals surface area (Å²) in [6.07, 6.45) is 22.0. The van der Waals surface area contributed by atoms with E-state index in [1.165, 1.54) is 49.3 Å². The van der Waals surface area contributed by atoms with E-state index in [4.69, 9.17) is 10.00 Å². The van der Waals surface area contributed by atoms with Crippen LogP contribution >= 0.6 is 0 Å². The molecule has 0 atom stereocenters. The lowest BCUT2D eigenvalue weighted by Crippen LogP contribution is -2.29. The van der Waals surface area contributed by atoms with E-state index >= 15 is 0 Å². The molecule has 2 aliphatic rings. The molecule has 0 aromatic heterocycles. The van der Waals surface area contributed by atoms with Gasteiger partial charge in [-0.25, -0.2) is 0 Å². The number of hydrogen-bond donors (Lipinski definition) is 0. The SMILES string of the molecule is CCCCCCc1ccc(C2CCC(C(=O)OC3CCC(C=CC=CC#N)CC3)CC2)cc1. The minimum atomic E-state index is 0.0341. The molecule has 2 fully saturated rings. The average molecular weight is 448 g/mol. The summed E-state index contributed by atoms with van der Waals surface area (Å²) < 4.78 is 5.91. The molecule has 0 amide bonds. The molecule has 33 heavy (non-hydrogen) atoms. The molecule has 2 saturated carbocycles. The highest BCUT2D eigenvalue weighted by Gasteiger charge is 2.30. The Balaban J connectivity index is 1.36. The summed E-state index contributed by atoms with van der Waals surface area (Å²) in [5.41, 5.74) is 2.89. The van der Waals surface area contributed by atoms with E-state index < -0.39 is 0 Å². The molecule has 0 N–H and O–H groups in total. The Bertz CT molecular complexity index is 801. The molecule has 0 unspecified atom stereocenters. The fourth-order valence-electron chi connectivity index (χ4n) is 5.35. The number of carbonyl (C=O) groups is 1. The fourth-order valence-corrected chi connectivity index (χ4v) is 5.35. The normalized spacial score (nSPS) is 25.8. The zero-order valence-corrected chi connectivity index (χ0v) is 20.4. The van der Waals surface area contributed by atoms with Crippen LogP contribution in [0.25, 0.3) is 0 Å². The summed E-state index contributed by atoms with van der Waals surface area (Å²) in [6.45, 7) is 2.26. The van der Waals surface area contributed by atoms with E-state index in [0.29, 0.717) is 11.8 Å². The molecule has 3 nitrogen and oxygen atoms in total. The van der Waals surface area contributed by atoms with Gasteiger partial charge in [-0.3, -0.25) is 4.79 Å². The molecule has 0 radical (unpaired) electrons. The van der Waals surface area contributed by atoms with Gasteiger partial charge in [-0.05, 0) is 87.2 Å². The third-order valence-electron chi connectivity index (χ3n) is 7.50. The fraction of sp³-hybridized carbons (Fsp3) is 0.600. The summed E-state index contributed by atoms with van der Waals surface area (Å²) in [5.74, 6) is 1.22. The Kier molecular flexibility index (Phi) is 10.8. The van der Waals surface area contributed by atoms with Crippen molar-refractivity contribution < 1.29 is 9.53 Å². The number of hydrogen-bond acceptors (Lipinski definition) is 3. The number of rotatable bonds is 10. The van der Waals surface area contributed by atoms with Crippen molar-refractivity contribution >= 4 is 5.97 Å². The summed E-state index contributed by atoms with van der Waals surface area (Å²) in [4.78, 5) is 12.8. The quantitative estimate of drug-likeness (QED) is 0.159. The third kappa shape index (κ3) is 8.50. The van der Waals surface area contributed by atoms with Gasteiger partial charge >= 0.3 is 5.97 Å². The van der Waals surface area contributed by atoms with Crippen LogP contribution in [0, 0.1) is 23.2 Å². The Labute approximate surface area is 200 Å². The van der Waals surface area contributed by atoms with Gasteiger partial charge in [0.25, 0.3) is 0 Å². The van der Waals surface area contributed by atoms with Crippen molar-refractivity contribution in [2.45, 2.75) is 102 Å². The number of nitrogens with zero attached hydrogens (tertiary/aromatic N) is 1. The van der Waals surface area contributed by atoms with E-state index in [-0.39, 0.29) is 18.0 Å². The van der Waals surface area contributed by atoms with Crippen LogP contribution in [0.4, 0.5) is 0 Å². The Morgan fingerprint density at radius 1 is 0.970 bits per heavy atom. The van der Waals surface area contributed by atoms with Gasteiger partial charge in [0.1, 0.15) is 6.10 Å². The van der Waals surface area contributed by atoms with Crippen LogP contribution in [0.2, 0.25) is 0 Å². The van der Waals surface area contributed by atoms with Crippen LogP contribution in [0.15, 0.2) is 48.6 Å². The molecule has 178 valence electrons. The number of nitriles is 1. The minimum Gasteiger partial charge on any atom is -0.462 e. The van der Waals surface area contributed by atoms with Gasteiger partial charge in [-0.15, -0.1) is 0 Å². The van der Waals surface area contributed by atoms with Crippen molar-refractivity contribution in [3.63, 3.8) is 0 Å². The van der Waals surface area contributed by atoms with Crippen LogP contribution in [-0.2, 0) is 16.0 Å². The number of carbonyl (C=O) groups excluding carboxylic acids is 1. The number of ether oxygens (including phenoxy) is 1. The predicted octanol–water partition coefficient (Wildman–Crippen LogP) is 7.82. The van der Waals surface area contributed by atoms with Crippen molar-refractivity contribution in [2.75, 3.05) is 0 Å². The Morgan fingerprint density at radius 2 is 1.70 bits per heavy atom. The second kappa shape index (κ2) is 14.0. The highest BCUT2D eigenvalue weighted by atomic mass is 16.5. The standard InChI is InChI=1S/C30H41NO2/c1-2-3-4-6-9-24-11-15-26(16-12-24)27-17-19-28(20-18-27)30(32)33-29-21-13-25(14-22-29)10-7-5-8-23-31/h5,7-8,10-12,15-16,25,27-29H,2-4,6,9,13-14,17-22H2,1H3. The van der Waals surface area contributed by atoms with E-state index in [2.05, 4.69) is 37.3 Å². The lowest BCUT2D eigenvalue weighted by molar-refractivity contribution is -0.157. The molecule has 3 heteroatoms. The molecule has 0 spiro atoms. The van der Waals surface area contributed by atoms with Crippen LogP contribution < -0.4 is 0 Å². The van der Waals surface area contributed by atoms with E-state index in [1.54, 1.807) is 6.08 Å². The van der Waals surface area contributed by atoms with Crippen molar-refractivity contribution in [3.8, 4) is 6.07 Å². The van der Waals surface area contributed by atoms with Crippen LogP contribution in [0.3, 0.4) is 0 Å². The van der Waals surface area contributed by atoms with E-state index in [9.17, 15) is 4.79 Å². The second-order valence-electron chi connectivity index (χ2n) is 9.95. The lowest BCUT2D eigenvalue weighted by atomic mass is 9.78. The Hall–Kier alpha value is -2.34. The van der Waals surface area contributed by atoms with E-state index in [0.717, 1.165) is 51.4 Å². The maximum absolute atomic E-state index is 12.8. The van der Waals surface area contributed by atoms with Gasteiger partial charge in [-0.2, -0.15) is 5.26 Å². The molecule has 0 heterocycles. The summed E-state index contributed by atoms with van der Waals surface area (Å²) >= 11 is 0. The van der Waals surface area contributed by atoms with E-state index in [1.807, 2.05) is 12.1 Å². The monoisotopic (exact) mass is 447 g/mol. The van der Waals surface area contributed by atoms with Gasteiger partial charge in [0.2, 0.25) is 0 Å². The van der Waals surface area contributed by atoms with Crippen LogP contribution in [-0.4, -0.2) is 12.1 Å². The Morgan fingerprint density at radius 3 is 2.36 bits per heavy atom. The number of esters is 1. The van der Waals surface area contributed by atoms with Crippen molar-refractivity contribution in [2.24, 2.45) is 11.8 Å². The summed E-state index contributed by atoms with van der Waals surface area (Å²) in [5, 5.41) is 8.53. The second-order valence-corrected chi connectivity index (χ2v) is 9.95. The highest BCUT2D eigenvalue weighted by Crippen LogP contribution is 2.37. The number of aryl methyl sites for hydroxylation is 1. The average Bonchev–Trinajstić information content (AvgIpc) is 2.86. The van der Waals surface area contributed by atoms with Gasteiger partial charge < -0.3 is 4.74 Å². The van der Waals surface area contributed by atoms with Gasteiger partial charge in [0.15, 0.2) is 0 Å². The maximum Gasteiger partial charge on any atom is 0.309 e. The van der Waals surface area contributed by atoms with Crippen molar-refractivity contribution in [1.82, 2.24) is 0 Å². The molecule has 2 aliphatic carbocycles. The van der Waals surface area contributed by atoms with Crippen molar-refractivity contribution in [1.29, 1.82) is 5.26 Å². The predicted molar refractivity (Wildman–Crippen MR) is 135 cm³/mol. The number of unbranched alkanes of at least 4 members (excludes halogenated alkanes) is 3. The zero-order valence-electron chi connectivity index (χ0n) is 20.4. The largest absolute Gasteiger partial charge is 0.462 e. The molecule has 0 aliphatic heterocycles.